The highest BCUT2D eigenvalue weighted by Crippen LogP contribution is 2.24. The second-order valence-electron chi connectivity index (χ2n) is 5.39. The number of rotatable bonds is 4. The highest BCUT2D eigenvalue weighted by Gasteiger charge is 2.27. The molecule has 0 saturated heterocycles. The van der Waals surface area contributed by atoms with Gasteiger partial charge >= 0.3 is 5.97 Å². The van der Waals surface area contributed by atoms with E-state index in [1.807, 2.05) is 0 Å². The molecule has 19 heavy (non-hydrogen) atoms. The van der Waals surface area contributed by atoms with E-state index in [0.29, 0.717) is 12.8 Å². The van der Waals surface area contributed by atoms with Crippen LogP contribution in [0.3, 0.4) is 0 Å². The zero-order valence-electron chi connectivity index (χ0n) is 11.2. The van der Waals surface area contributed by atoms with Gasteiger partial charge in [0, 0.05) is 12.3 Å². The molecule has 0 aromatic carbocycles. The highest BCUT2D eigenvalue weighted by molar-refractivity contribution is 5.88. The zero-order valence-corrected chi connectivity index (χ0v) is 11.2. The summed E-state index contributed by atoms with van der Waals surface area (Å²) in [5.74, 6) is -0.526. The average Bonchev–Trinajstić information content (AvgIpc) is 2.93. The topological polar surface area (TPSA) is 72.5 Å². The molecule has 2 rings (SSSR count). The zero-order chi connectivity index (χ0) is 13.7. The number of carbonyl (C=O) groups excluding carboxylic acids is 3. The number of carbonyl (C=O) groups is 3. The van der Waals surface area contributed by atoms with Crippen molar-refractivity contribution < 1.29 is 19.1 Å². The average molecular weight is 267 g/mol. The van der Waals surface area contributed by atoms with Gasteiger partial charge in [0.2, 0.25) is 5.91 Å². The Hall–Kier alpha value is -1.39. The Balaban J connectivity index is 1.69. The fraction of sp³-hybridized carbons (Fsp3) is 0.786. The Labute approximate surface area is 113 Å². The number of hydrogen-bond donors (Lipinski definition) is 1. The molecule has 2 fully saturated rings. The number of ketones is 1. The van der Waals surface area contributed by atoms with E-state index in [0.717, 1.165) is 38.5 Å². The Morgan fingerprint density at radius 1 is 1.11 bits per heavy atom. The predicted octanol–water partition coefficient (Wildman–Crippen LogP) is 1.35. The van der Waals surface area contributed by atoms with Crippen LogP contribution in [0.15, 0.2) is 0 Å². The van der Waals surface area contributed by atoms with Crippen LogP contribution in [0.25, 0.3) is 0 Å². The van der Waals surface area contributed by atoms with Gasteiger partial charge < -0.3 is 10.1 Å². The first-order chi connectivity index (χ1) is 9.16. The Morgan fingerprint density at radius 3 is 2.47 bits per heavy atom. The van der Waals surface area contributed by atoms with Crippen molar-refractivity contribution in [3.05, 3.63) is 0 Å². The summed E-state index contributed by atoms with van der Waals surface area (Å²) in [6.45, 7) is -0.126. The Morgan fingerprint density at radius 2 is 1.79 bits per heavy atom. The van der Waals surface area contributed by atoms with Crippen molar-refractivity contribution in [3.8, 4) is 0 Å². The van der Waals surface area contributed by atoms with Crippen LogP contribution in [-0.2, 0) is 19.1 Å². The second kappa shape index (κ2) is 6.68. The van der Waals surface area contributed by atoms with Crippen LogP contribution in [0, 0.1) is 5.92 Å². The van der Waals surface area contributed by atoms with E-state index < -0.39 is 12.1 Å². The van der Waals surface area contributed by atoms with Crippen LogP contribution < -0.4 is 5.32 Å². The van der Waals surface area contributed by atoms with Crippen LogP contribution in [0.1, 0.15) is 51.4 Å². The minimum atomic E-state index is -0.593. The first kappa shape index (κ1) is 14.0. The van der Waals surface area contributed by atoms with Crippen molar-refractivity contribution in [3.63, 3.8) is 0 Å². The summed E-state index contributed by atoms with van der Waals surface area (Å²) >= 11 is 0. The van der Waals surface area contributed by atoms with Crippen molar-refractivity contribution >= 4 is 17.7 Å². The minimum Gasteiger partial charge on any atom is -0.453 e. The predicted molar refractivity (Wildman–Crippen MR) is 68.3 cm³/mol. The van der Waals surface area contributed by atoms with Crippen LogP contribution >= 0.6 is 0 Å². The Kier molecular flexibility index (Phi) is 4.93. The van der Waals surface area contributed by atoms with E-state index in [4.69, 9.17) is 4.74 Å². The first-order valence-corrected chi connectivity index (χ1v) is 7.16. The van der Waals surface area contributed by atoms with Gasteiger partial charge in [-0.15, -0.1) is 0 Å². The fourth-order valence-corrected chi connectivity index (χ4v) is 2.77. The van der Waals surface area contributed by atoms with E-state index in [1.165, 1.54) is 0 Å². The molecule has 0 radical (unpaired) electrons. The maximum atomic E-state index is 11.7. The van der Waals surface area contributed by atoms with Gasteiger partial charge in [0.05, 0.1) is 0 Å². The fourth-order valence-electron chi connectivity index (χ4n) is 2.77. The lowest BCUT2D eigenvalue weighted by Crippen LogP contribution is -2.38. The van der Waals surface area contributed by atoms with Crippen molar-refractivity contribution in [2.45, 2.75) is 57.5 Å². The van der Waals surface area contributed by atoms with Crippen molar-refractivity contribution in [1.82, 2.24) is 5.32 Å². The smallest absolute Gasteiger partial charge is 0.326 e. The van der Waals surface area contributed by atoms with Gasteiger partial charge in [-0.1, -0.05) is 12.8 Å². The van der Waals surface area contributed by atoms with Crippen LogP contribution in [-0.4, -0.2) is 30.3 Å². The summed E-state index contributed by atoms with van der Waals surface area (Å²) in [6, 6.07) is 0. The van der Waals surface area contributed by atoms with E-state index in [-0.39, 0.29) is 24.2 Å². The molecule has 1 unspecified atom stereocenters. The lowest BCUT2D eigenvalue weighted by atomic mass is 9.96. The van der Waals surface area contributed by atoms with Crippen molar-refractivity contribution in [2.75, 3.05) is 6.54 Å². The SMILES string of the molecule is O=C(CNC(=O)C1CCCC1)OC1CCCCC1=O. The third kappa shape index (κ3) is 4.04. The highest BCUT2D eigenvalue weighted by atomic mass is 16.5. The van der Waals surface area contributed by atoms with Crippen molar-refractivity contribution in [2.24, 2.45) is 5.92 Å². The normalized spacial score (nSPS) is 24.2. The van der Waals surface area contributed by atoms with Gasteiger partial charge in [0.25, 0.3) is 0 Å². The standard InChI is InChI=1S/C14H21NO4/c16-11-7-3-4-8-12(11)19-13(17)9-15-14(18)10-5-1-2-6-10/h10,12H,1-9H2,(H,15,18). The number of amides is 1. The molecule has 2 aliphatic carbocycles. The first-order valence-electron chi connectivity index (χ1n) is 7.16. The van der Waals surface area contributed by atoms with E-state index in [2.05, 4.69) is 5.32 Å². The lowest BCUT2D eigenvalue weighted by molar-refractivity contribution is -0.156. The summed E-state index contributed by atoms with van der Waals surface area (Å²) in [7, 11) is 0. The van der Waals surface area contributed by atoms with E-state index in [1.54, 1.807) is 0 Å². The van der Waals surface area contributed by atoms with Crippen LogP contribution in [0.2, 0.25) is 0 Å². The molecular formula is C14H21NO4. The molecule has 106 valence electrons. The van der Waals surface area contributed by atoms with Gasteiger partial charge in [-0.3, -0.25) is 14.4 Å². The maximum Gasteiger partial charge on any atom is 0.326 e. The monoisotopic (exact) mass is 267 g/mol. The molecule has 0 aromatic rings. The van der Waals surface area contributed by atoms with Crippen molar-refractivity contribution in [1.29, 1.82) is 0 Å². The summed E-state index contributed by atoms with van der Waals surface area (Å²) < 4.78 is 5.11. The van der Waals surface area contributed by atoms with Gasteiger partial charge in [0.15, 0.2) is 11.9 Å². The molecule has 1 atom stereocenters. The number of nitrogens with one attached hydrogen (secondary N) is 1. The molecule has 0 aromatic heterocycles. The molecule has 0 bridgehead atoms. The molecule has 5 nitrogen and oxygen atoms in total. The summed E-state index contributed by atoms with van der Waals surface area (Å²) in [5, 5.41) is 2.60. The molecule has 0 spiro atoms. The van der Waals surface area contributed by atoms with E-state index in [9.17, 15) is 14.4 Å². The summed E-state index contributed by atoms with van der Waals surface area (Å²) in [5.41, 5.74) is 0. The third-order valence-corrected chi connectivity index (χ3v) is 3.91. The van der Waals surface area contributed by atoms with Crippen LogP contribution in [0.4, 0.5) is 0 Å². The van der Waals surface area contributed by atoms with Gasteiger partial charge in [-0.25, -0.2) is 0 Å². The summed E-state index contributed by atoms with van der Waals surface area (Å²) in [4.78, 5) is 34.8. The molecular weight excluding hydrogens is 246 g/mol. The quantitative estimate of drug-likeness (QED) is 0.780. The van der Waals surface area contributed by atoms with Gasteiger partial charge in [0.1, 0.15) is 6.54 Å². The number of hydrogen-bond acceptors (Lipinski definition) is 4. The number of esters is 1. The molecule has 2 saturated carbocycles. The minimum absolute atomic E-state index is 0.00159. The Bertz CT molecular complexity index is 360. The third-order valence-electron chi connectivity index (χ3n) is 3.91. The van der Waals surface area contributed by atoms with Crippen LogP contribution in [0.5, 0.6) is 0 Å². The van der Waals surface area contributed by atoms with Gasteiger partial charge in [-0.05, 0) is 32.1 Å². The number of ether oxygens (including phenoxy) is 1. The largest absolute Gasteiger partial charge is 0.453 e. The molecule has 2 aliphatic rings. The maximum absolute atomic E-state index is 11.7. The lowest BCUT2D eigenvalue weighted by Gasteiger charge is -2.20. The molecule has 5 heteroatoms. The molecule has 0 aliphatic heterocycles. The summed E-state index contributed by atoms with van der Waals surface area (Å²) in [6.07, 6.45) is 6.28. The van der Waals surface area contributed by atoms with E-state index >= 15 is 0 Å². The number of Topliss-reactive ketones (excluding diaryl/α,β-unsaturated/α-hetero) is 1. The molecule has 1 N–H and O–H groups in total. The molecule has 1 amide bonds. The molecule has 0 heterocycles. The van der Waals surface area contributed by atoms with Gasteiger partial charge in [-0.2, -0.15) is 0 Å². The second-order valence-corrected chi connectivity index (χ2v) is 5.39.